The SMILES string of the molecule is CC(C)(C)C(=O)N(O)Cc1ccc(Nc2cccc(C(C)(C)C)c2)cc1. The largest absolute Gasteiger partial charge is 0.356 e. The van der Waals surface area contributed by atoms with Crippen LogP contribution in [0.2, 0.25) is 0 Å². The molecule has 2 aromatic carbocycles. The van der Waals surface area contributed by atoms with Crippen LogP contribution >= 0.6 is 0 Å². The van der Waals surface area contributed by atoms with Gasteiger partial charge in [-0.1, -0.05) is 65.8 Å². The van der Waals surface area contributed by atoms with Crippen molar-refractivity contribution in [3.63, 3.8) is 0 Å². The topological polar surface area (TPSA) is 52.6 Å². The maximum absolute atomic E-state index is 12.1. The second kappa shape index (κ2) is 7.50. The Labute approximate surface area is 156 Å². The van der Waals surface area contributed by atoms with Gasteiger partial charge in [-0.2, -0.15) is 0 Å². The van der Waals surface area contributed by atoms with Gasteiger partial charge in [0.15, 0.2) is 0 Å². The minimum absolute atomic E-state index is 0.103. The highest BCUT2D eigenvalue weighted by molar-refractivity contribution is 5.80. The molecule has 0 unspecified atom stereocenters. The van der Waals surface area contributed by atoms with Crippen molar-refractivity contribution in [3.05, 3.63) is 59.7 Å². The quantitative estimate of drug-likeness (QED) is 0.564. The number of benzene rings is 2. The van der Waals surface area contributed by atoms with E-state index in [-0.39, 0.29) is 17.9 Å². The number of hydroxylamine groups is 2. The van der Waals surface area contributed by atoms with Crippen LogP contribution in [0.15, 0.2) is 48.5 Å². The van der Waals surface area contributed by atoms with E-state index in [1.54, 1.807) is 20.8 Å². The third-order valence-electron chi connectivity index (χ3n) is 4.18. The summed E-state index contributed by atoms with van der Waals surface area (Å²) in [5.74, 6) is -0.293. The van der Waals surface area contributed by atoms with Crippen LogP contribution in [0.5, 0.6) is 0 Å². The molecular weight excluding hydrogens is 324 g/mol. The second-order valence-electron chi connectivity index (χ2n) is 8.77. The monoisotopic (exact) mass is 354 g/mol. The zero-order valence-electron chi connectivity index (χ0n) is 16.6. The van der Waals surface area contributed by atoms with Gasteiger partial charge in [0, 0.05) is 16.8 Å². The van der Waals surface area contributed by atoms with Gasteiger partial charge in [0.25, 0.3) is 5.91 Å². The van der Waals surface area contributed by atoms with Crippen LogP contribution in [0.25, 0.3) is 0 Å². The predicted octanol–water partition coefficient (Wildman–Crippen LogP) is 5.49. The molecule has 0 saturated heterocycles. The molecule has 0 aliphatic rings. The molecule has 0 spiro atoms. The number of hydrogen-bond acceptors (Lipinski definition) is 3. The van der Waals surface area contributed by atoms with Crippen LogP contribution in [0.1, 0.15) is 52.7 Å². The Morgan fingerprint density at radius 3 is 2.12 bits per heavy atom. The van der Waals surface area contributed by atoms with Crippen molar-refractivity contribution in [2.24, 2.45) is 5.41 Å². The summed E-state index contributed by atoms with van der Waals surface area (Å²) in [7, 11) is 0. The summed E-state index contributed by atoms with van der Waals surface area (Å²) in [6.45, 7) is 12.1. The van der Waals surface area contributed by atoms with Gasteiger partial charge in [0.05, 0.1) is 6.54 Å². The molecule has 0 atom stereocenters. The normalized spacial score (nSPS) is 12.0. The molecule has 0 saturated carbocycles. The fraction of sp³-hybridized carbons (Fsp3) is 0.409. The lowest BCUT2D eigenvalue weighted by Gasteiger charge is -2.24. The van der Waals surface area contributed by atoms with Crippen molar-refractivity contribution in [2.75, 3.05) is 5.32 Å². The number of nitrogens with zero attached hydrogens (tertiary/aromatic N) is 1. The second-order valence-corrected chi connectivity index (χ2v) is 8.77. The number of carbonyl (C=O) groups is 1. The van der Waals surface area contributed by atoms with Gasteiger partial charge in [0.2, 0.25) is 0 Å². The zero-order chi connectivity index (χ0) is 19.5. The van der Waals surface area contributed by atoms with Crippen LogP contribution in [0, 0.1) is 5.41 Å². The van der Waals surface area contributed by atoms with Crippen LogP contribution < -0.4 is 5.32 Å². The third kappa shape index (κ3) is 5.33. The molecule has 2 rings (SSSR count). The fourth-order valence-electron chi connectivity index (χ4n) is 2.56. The number of hydrogen-bond donors (Lipinski definition) is 2. The number of anilines is 2. The van der Waals surface area contributed by atoms with Gasteiger partial charge in [0.1, 0.15) is 0 Å². The molecule has 2 aromatic rings. The van der Waals surface area contributed by atoms with Gasteiger partial charge >= 0.3 is 0 Å². The Balaban J connectivity index is 2.05. The molecule has 0 aliphatic heterocycles. The highest BCUT2D eigenvalue weighted by Crippen LogP contribution is 2.26. The molecule has 0 aliphatic carbocycles. The molecule has 4 heteroatoms. The highest BCUT2D eigenvalue weighted by Gasteiger charge is 2.26. The maximum Gasteiger partial charge on any atom is 0.251 e. The first kappa shape index (κ1) is 20.0. The van der Waals surface area contributed by atoms with Crippen molar-refractivity contribution in [3.8, 4) is 0 Å². The number of amides is 1. The van der Waals surface area contributed by atoms with Crippen LogP contribution in [-0.2, 0) is 16.8 Å². The van der Waals surface area contributed by atoms with E-state index in [9.17, 15) is 10.0 Å². The molecule has 0 radical (unpaired) electrons. The van der Waals surface area contributed by atoms with Crippen molar-refractivity contribution in [2.45, 2.75) is 53.5 Å². The summed E-state index contributed by atoms with van der Waals surface area (Å²) in [5.41, 5.74) is 3.65. The van der Waals surface area contributed by atoms with E-state index in [1.807, 2.05) is 30.3 Å². The van der Waals surface area contributed by atoms with Gasteiger partial charge in [-0.25, -0.2) is 5.06 Å². The van der Waals surface area contributed by atoms with Gasteiger partial charge in [-0.15, -0.1) is 0 Å². The van der Waals surface area contributed by atoms with E-state index in [0.717, 1.165) is 22.0 Å². The zero-order valence-corrected chi connectivity index (χ0v) is 16.6. The van der Waals surface area contributed by atoms with Crippen LogP contribution in [0.3, 0.4) is 0 Å². The number of rotatable bonds is 4. The lowest BCUT2D eigenvalue weighted by atomic mass is 9.87. The van der Waals surface area contributed by atoms with Crippen molar-refractivity contribution in [1.29, 1.82) is 0 Å². The molecule has 4 nitrogen and oxygen atoms in total. The molecule has 0 bridgehead atoms. The molecule has 140 valence electrons. The van der Waals surface area contributed by atoms with E-state index >= 15 is 0 Å². The van der Waals surface area contributed by atoms with Crippen molar-refractivity contribution < 1.29 is 10.0 Å². The van der Waals surface area contributed by atoms with E-state index in [1.165, 1.54) is 5.56 Å². The minimum Gasteiger partial charge on any atom is -0.356 e. The first-order valence-corrected chi connectivity index (χ1v) is 8.94. The fourth-order valence-corrected chi connectivity index (χ4v) is 2.56. The molecular formula is C22H30N2O2. The van der Waals surface area contributed by atoms with Crippen LogP contribution in [0.4, 0.5) is 11.4 Å². The maximum atomic E-state index is 12.1. The van der Waals surface area contributed by atoms with Gasteiger partial charge in [-0.3, -0.25) is 10.0 Å². The Morgan fingerprint density at radius 1 is 0.962 bits per heavy atom. The van der Waals surface area contributed by atoms with E-state index in [4.69, 9.17) is 0 Å². The van der Waals surface area contributed by atoms with Crippen LogP contribution in [-0.4, -0.2) is 16.2 Å². The predicted molar refractivity (Wildman–Crippen MR) is 107 cm³/mol. The minimum atomic E-state index is -0.603. The summed E-state index contributed by atoms with van der Waals surface area (Å²) in [5, 5.41) is 14.2. The van der Waals surface area contributed by atoms with Gasteiger partial charge in [-0.05, 0) is 40.8 Å². The third-order valence-corrected chi connectivity index (χ3v) is 4.18. The Hall–Kier alpha value is -2.33. The summed E-state index contributed by atoms with van der Waals surface area (Å²) in [4.78, 5) is 12.1. The lowest BCUT2D eigenvalue weighted by molar-refractivity contribution is -0.177. The van der Waals surface area contributed by atoms with E-state index in [2.05, 4.69) is 44.3 Å². The van der Waals surface area contributed by atoms with E-state index < -0.39 is 5.41 Å². The van der Waals surface area contributed by atoms with Crippen molar-refractivity contribution >= 4 is 17.3 Å². The van der Waals surface area contributed by atoms with E-state index in [0.29, 0.717) is 0 Å². The first-order chi connectivity index (χ1) is 12.0. The van der Waals surface area contributed by atoms with Crippen molar-refractivity contribution in [1.82, 2.24) is 5.06 Å². The number of carbonyl (C=O) groups excluding carboxylic acids is 1. The smallest absolute Gasteiger partial charge is 0.251 e. The average Bonchev–Trinajstić information content (AvgIpc) is 2.54. The molecule has 26 heavy (non-hydrogen) atoms. The molecule has 2 N–H and O–H groups in total. The highest BCUT2D eigenvalue weighted by atomic mass is 16.5. The lowest BCUT2D eigenvalue weighted by Crippen LogP contribution is -2.36. The molecule has 0 aromatic heterocycles. The average molecular weight is 354 g/mol. The van der Waals surface area contributed by atoms with Gasteiger partial charge < -0.3 is 5.32 Å². The molecule has 0 heterocycles. The molecule has 0 fully saturated rings. The summed E-state index contributed by atoms with van der Waals surface area (Å²) < 4.78 is 0. The number of nitrogens with one attached hydrogen (secondary N) is 1. The summed E-state index contributed by atoms with van der Waals surface area (Å²) >= 11 is 0. The Kier molecular flexibility index (Phi) is 5.77. The standard InChI is InChI=1S/C22H30N2O2/c1-21(2,3)17-8-7-9-19(14-17)23-18-12-10-16(11-13-18)15-24(26)20(25)22(4,5)6/h7-14,23,26H,15H2,1-6H3. The first-order valence-electron chi connectivity index (χ1n) is 8.94. The summed E-state index contributed by atoms with van der Waals surface area (Å²) in [6, 6.07) is 16.1. The summed E-state index contributed by atoms with van der Waals surface area (Å²) in [6.07, 6.45) is 0. The Morgan fingerprint density at radius 2 is 1.58 bits per heavy atom. The molecule has 1 amide bonds. The Bertz CT molecular complexity index is 753.